The van der Waals surface area contributed by atoms with E-state index in [9.17, 15) is 0 Å². The van der Waals surface area contributed by atoms with Crippen LogP contribution in [0.1, 0.15) is 0 Å². The molecule has 0 N–H and O–H groups in total. The monoisotopic (exact) mass is 1540 g/mol. The van der Waals surface area contributed by atoms with Gasteiger partial charge in [0.25, 0.3) is 6.71 Å². The number of para-hydroxylation sites is 7. The van der Waals surface area contributed by atoms with Crippen molar-refractivity contribution in [2.45, 2.75) is 9.79 Å². The standard InChI is InChI=1S/C112H73B2N5S/c1-8-34-74(35-9-1)107-87-48-22-26-52-91(87)109(92-53-27-23-49-88(92)107)76-60-64-83(65-61-76)117-99-58-32-30-56-95(99)113-97-72-98-105(73-101(97)119(82-46-20-7-21-47-82)103-69-85(68-102(117)111(103)113)115(78-38-12-3-13-39-78)79-40-14-4-15-41-79)120-106-71-86(116(80-42-16-5-17-43-80)81-44-18-6-19-45-81)70-104-112(106)114(98)96-57-31-33-59-100(96)118(104)84-66-62-77(63-67-84)110-93-54-28-24-50-89(93)108(75-36-10-2-11-37-75)90-51-25-29-55-94(90)110/h1-73H. The lowest BCUT2D eigenvalue weighted by molar-refractivity contribution is 1.22. The molecule has 5 nitrogen and oxygen atoms in total. The van der Waals surface area contributed by atoms with E-state index in [0.29, 0.717) is 0 Å². The second kappa shape index (κ2) is 28.4. The minimum absolute atomic E-state index is 0.156. The van der Waals surface area contributed by atoms with Crippen LogP contribution >= 0.6 is 11.8 Å². The molecule has 24 rings (SSSR count). The van der Waals surface area contributed by atoms with Gasteiger partial charge in [0.1, 0.15) is 0 Å². The molecule has 120 heavy (non-hydrogen) atoms. The molecule has 0 aliphatic carbocycles. The summed E-state index contributed by atoms with van der Waals surface area (Å²) in [5.41, 5.74) is 33.8. The predicted octanol–water partition coefficient (Wildman–Crippen LogP) is 26.8. The van der Waals surface area contributed by atoms with Crippen molar-refractivity contribution in [3.8, 4) is 44.5 Å². The van der Waals surface area contributed by atoms with Gasteiger partial charge in [0.2, 0.25) is 6.71 Å². The van der Waals surface area contributed by atoms with Gasteiger partial charge in [-0.1, -0.05) is 333 Å². The fourth-order valence-electron chi connectivity index (χ4n) is 20.2. The van der Waals surface area contributed by atoms with Crippen LogP contribution in [0.3, 0.4) is 0 Å². The summed E-state index contributed by atoms with van der Waals surface area (Å²) in [5, 5.41) is 9.86. The first-order chi connectivity index (χ1) is 59.6. The summed E-state index contributed by atoms with van der Waals surface area (Å²) in [6.45, 7) is -0.355. The third-order valence-electron chi connectivity index (χ3n) is 25.2. The third kappa shape index (κ3) is 11.1. The van der Waals surface area contributed by atoms with Crippen LogP contribution in [0.5, 0.6) is 0 Å². The lowest BCUT2D eigenvalue weighted by Gasteiger charge is -2.46. The number of hydrogen-bond donors (Lipinski definition) is 0. The molecule has 0 spiro atoms. The molecule has 0 fully saturated rings. The number of nitrogens with zero attached hydrogens (tertiary/aromatic N) is 5. The lowest BCUT2D eigenvalue weighted by atomic mass is 9.31. The molecule has 0 saturated carbocycles. The Morgan fingerprint density at radius 3 is 0.842 bits per heavy atom. The van der Waals surface area contributed by atoms with Gasteiger partial charge in [-0.3, -0.25) is 0 Å². The molecule has 0 unspecified atom stereocenters. The first-order valence-electron chi connectivity index (χ1n) is 41.4. The van der Waals surface area contributed by atoms with E-state index in [4.69, 9.17) is 0 Å². The molecule has 8 heteroatoms. The number of hydrogen-bond acceptors (Lipinski definition) is 6. The van der Waals surface area contributed by atoms with E-state index < -0.39 is 0 Å². The van der Waals surface area contributed by atoms with E-state index in [1.54, 1.807) is 0 Å². The first kappa shape index (κ1) is 69.2. The third-order valence-corrected chi connectivity index (χ3v) is 26.3. The van der Waals surface area contributed by atoms with Gasteiger partial charge >= 0.3 is 0 Å². The summed E-state index contributed by atoms with van der Waals surface area (Å²) >= 11 is 1.91. The molecule has 0 bridgehead atoms. The summed E-state index contributed by atoms with van der Waals surface area (Å²) in [6, 6.07) is 165. The van der Waals surface area contributed by atoms with Crippen molar-refractivity contribution in [1.29, 1.82) is 0 Å². The molecule has 0 radical (unpaired) electrons. The fourth-order valence-corrected chi connectivity index (χ4v) is 21.5. The van der Waals surface area contributed by atoms with E-state index >= 15 is 0 Å². The van der Waals surface area contributed by atoms with Crippen LogP contribution < -0.4 is 57.3 Å². The molecule has 0 amide bonds. The van der Waals surface area contributed by atoms with Crippen LogP contribution in [0.4, 0.5) is 85.3 Å². The maximum Gasteiger partial charge on any atom is 0.252 e. The Labute approximate surface area is 703 Å². The largest absolute Gasteiger partial charge is 0.311 e. The van der Waals surface area contributed by atoms with Crippen LogP contribution in [0.2, 0.25) is 0 Å². The molecule has 558 valence electrons. The topological polar surface area (TPSA) is 16.2 Å². The summed E-state index contributed by atoms with van der Waals surface area (Å²) in [6.07, 6.45) is 0. The Bertz CT molecular complexity index is 7260. The molecule has 0 saturated heterocycles. The SMILES string of the molecule is c1ccc(-c2c3ccccc3c(-c3ccc(N4c5ccccc5B5c6cc7c(cc6Sc6cc(N(c8ccccc8)c8ccccc8)cc4c65)N(c4ccccc4)c4cc(N(c5ccccc5)c5ccccc5)cc5c4B7c4ccccc4N5c4ccc(-c5c6ccccc6c(-c6ccccc6)c6ccccc56)cc4)cc3)c3ccccc23)cc1. The van der Waals surface area contributed by atoms with E-state index in [0.717, 1.165) is 90.9 Å². The fraction of sp³-hybridized carbons (Fsp3) is 0. The van der Waals surface area contributed by atoms with Gasteiger partial charge in [0.05, 0.1) is 5.69 Å². The number of benzene rings is 20. The van der Waals surface area contributed by atoms with Gasteiger partial charge in [-0.05, 0) is 242 Å². The van der Waals surface area contributed by atoms with Crippen LogP contribution in [-0.4, -0.2) is 13.4 Å². The van der Waals surface area contributed by atoms with E-state index in [1.807, 2.05) is 11.8 Å². The van der Waals surface area contributed by atoms with Crippen LogP contribution in [0.25, 0.3) is 87.6 Å². The zero-order valence-corrected chi connectivity index (χ0v) is 66.3. The minimum Gasteiger partial charge on any atom is -0.311 e. The highest BCUT2D eigenvalue weighted by Gasteiger charge is 2.48. The van der Waals surface area contributed by atoms with Crippen molar-refractivity contribution in [3.05, 3.63) is 443 Å². The maximum atomic E-state index is 2.66. The highest BCUT2D eigenvalue weighted by atomic mass is 32.2. The summed E-state index contributed by atoms with van der Waals surface area (Å²) in [4.78, 5) is 15.1. The Morgan fingerprint density at radius 1 is 0.183 bits per heavy atom. The molecule has 0 aromatic heterocycles. The van der Waals surface area contributed by atoms with Crippen molar-refractivity contribution >= 4 is 186 Å². The van der Waals surface area contributed by atoms with Gasteiger partial charge in [0.15, 0.2) is 0 Å². The van der Waals surface area contributed by atoms with E-state index in [-0.39, 0.29) is 13.4 Å². The van der Waals surface area contributed by atoms with Crippen molar-refractivity contribution in [2.24, 2.45) is 0 Å². The lowest BCUT2D eigenvalue weighted by Crippen LogP contribution is -2.64. The normalized spacial score (nSPS) is 12.7. The van der Waals surface area contributed by atoms with Gasteiger partial charge < -0.3 is 24.5 Å². The van der Waals surface area contributed by atoms with Gasteiger partial charge in [-0.2, -0.15) is 0 Å². The number of rotatable bonds is 13. The molecule has 4 aliphatic rings. The Balaban J connectivity index is 0.720. The Morgan fingerprint density at radius 2 is 0.467 bits per heavy atom. The predicted molar refractivity (Wildman–Crippen MR) is 512 cm³/mol. The molecule has 4 heterocycles. The number of anilines is 15. The average molecular weight is 1540 g/mol. The van der Waals surface area contributed by atoms with Gasteiger partial charge in [-0.25, -0.2) is 0 Å². The average Bonchev–Trinajstić information content (AvgIpc) is 0.684. The van der Waals surface area contributed by atoms with E-state index in [1.165, 1.54) is 125 Å². The van der Waals surface area contributed by atoms with Crippen molar-refractivity contribution in [1.82, 2.24) is 0 Å². The van der Waals surface area contributed by atoms with Crippen molar-refractivity contribution in [2.75, 3.05) is 24.5 Å². The molecule has 20 aromatic rings. The first-order valence-corrected chi connectivity index (χ1v) is 42.3. The molecular formula is C112H73B2N5S. The Hall–Kier alpha value is -15.1. The second-order valence-corrected chi connectivity index (χ2v) is 32.8. The summed E-state index contributed by atoms with van der Waals surface area (Å²) in [5.74, 6) is 0. The van der Waals surface area contributed by atoms with E-state index in [2.05, 4.69) is 467 Å². The van der Waals surface area contributed by atoms with Crippen molar-refractivity contribution in [3.63, 3.8) is 0 Å². The zero-order valence-electron chi connectivity index (χ0n) is 65.4. The second-order valence-electron chi connectivity index (χ2n) is 31.7. The van der Waals surface area contributed by atoms with Gasteiger partial charge in [0, 0.05) is 89.4 Å². The van der Waals surface area contributed by atoms with Crippen LogP contribution in [0, 0.1) is 0 Å². The highest BCUT2D eigenvalue weighted by molar-refractivity contribution is 8.00. The molecule has 0 atom stereocenters. The van der Waals surface area contributed by atoms with Crippen LogP contribution in [0.15, 0.2) is 453 Å². The smallest absolute Gasteiger partial charge is 0.252 e. The summed E-state index contributed by atoms with van der Waals surface area (Å²) < 4.78 is 0. The highest BCUT2D eigenvalue weighted by Crippen LogP contribution is 2.54. The minimum atomic E-state index is -0.199. The maximum absolute atomic E-state index is 2.66. The molecular weight excluding hydrogens is 1470 g/mol. The Kier molecular flexibility index (Phi) is 16.4. The molecule has 20 aromatic carbocycles. The quantitative estimate of drug-likeness (QED) is 0.0839. The van der Waals surface area contributed by atoms with Crippen LogP contribution in [-0.2, 0) is 0 Å². The number of fused-ring (bicyclic) bond motifs is 12. The zero-order chi connectivity index (χ0) is 78.9. The van der Waals surface area contributed by atoms with Gasteiger partial charge in [-0.15, -0.1) is 0 Å². The summed E-state index contributed by atoms with van der Waals surface area (Å²) in [7, 11) is 0. The molecule has 4 aliphatic heterocycles. The van der Waals surface area contributed by atoms with Crippen molar-refractivity contribution < 1.29 is 0 Å².